The third-order valence-corrected chi connectivity index (χ3v) is 2.43. The molecule has 0 amide bonds. The highest BCUT2D eigenvalue weighted by Crippen LogP contribution is 2.14. The van der Waals surface area contributed by atoms with Crippen LogP contribution in [0.1, 0.15) is 19.4 Å². The quantitative estimate of drug-likeness (QED) is 0.578. The Kier molecular flexibility index (Phi) is 5.94. The number of rotatable bonds is 7. The number of hydrogen-bond donors (Lipinski definition) is 2. The highest BCUT2D eigenvalue weighted by atomic mass is 32.1. The van der Waals surface area contributed by atoms with Gasteiger partial charge in [0.1, 0.15) is 4.99 Å². The Balaban J connectivity index is 2.39. The second-order valence-corrected chi connectivity index (χ2v) is 4.75. The molecule has 0 saturated carbocycles. The minimum Gasteiger partial charge on any atom is -0.389 e. The number of hydrogen-bond acceptors (Lipinski definition) is 3. The maximum Gasteiger partial charge on any atom is 0.106 e. The summed E-state index contributed by atoms with van der Waals surface area (Å²) >= 11 is 4.99. The van der Waals surface area contributed by atoms with Crippen LogP contribution in [0.2, 0.25) is 0 Å². The summed E-state index contributed by atoms with van der Waals surface area (Å²) in [4.78, 5) is 0.413. The maximum atomic E-state index is 5.64. The summed E-state index contributed by atoms with van der Waals surface area (Å²) in [5, 5.41) is 3.28. The first-order valence-corrected chi connectivity index (χ1v) is 6.22. The molecule has 0 aromatic heterocycles. The molecular weight excluding hydrogens is 232 g/mol. The molecule has 0 radical (unpaired) electrons. The van der Waals surface area contributed by atoms with Gasteiger partial charge in [0.15, 0.2) is 0 Å². The first-order chi connectivity index (χ1) is 8.11. The number of nitrogens with two attached hydrogens (primary N) is 1. The number of para-hydroxylation sites is 1. The predicted octanol–water partition coefficient (Wildman–Crippen LogP) is 2.41. The Hall–Kier alpha value is -1.13. The van der Waals surface area contributed by atoms with Crippen molar-refractivity contribution in [1.82, 2.24) is 0 Å². The van der Waals surface area contributed by atoms with Gasteiger partial charge < -0.3 is 15.8 Å². The van der Waals surface area contributed by atoms with E-state index >= 15 is 0 Å². The standard InChI is InChI=1S/C13H20N2OS/c1-10(2)9-16-8-7-15-12-6-4-3-5-11(12)13(14)17/h3-6,10,15H,7-9H2,1-2H3,(H2,14,17). The Morgan fingerprint density at radius 3 is 2.76 bits per heavy atom. The average molecular weight is 252 g/mol. The van der Waals surface area contributed by atoms with E-state index in [0.29, 0.717) is 17.5 Å². The fraction of sp³-hybridized carbons (Fsp3) is 0.462. The van der Waals surface area contributed by atoms with Gasteiger partial charge in [0.2, 0.25) is 0 Å². The first kappa shape index (κ1) is 13.9. The summed E-state index contributed by atoms with van der Waals surface area (Å²) in [6, 6.07) is 7.77. The minimum atomic E-state index is 0.413. The van der Waals surface area contributed by atoms with Crippen LogP contribution in [0.5, 0.6) is 0 Å². The van der Waals surface area contributed by atoms with E-state index in [-0.39, 0.29) is 0 Å². The van der Waals surface area contributed by atoms with Gasteiger partial charge in [0.05, 0.1) is 6.61 Å². The molecule has 0 fully saturated rings. The third-order valence-electron chi connectivity index (χ3n) is 2.21. The van der Waals surface area contributed by atoms with Crippen LogP contribution >= 0.6 is 12.2 Å². The molecule has 0 saturated heterocycles. The average Bonchev–Trinajstić information content (AvgIpc) is 2.28. The molecule has 0 heterocycles. The van der Waals surface area contributed by atoms with Crippen LogP contribution in [0.15, 0.2) is 24.3 Å². The Labute approximate surface area is 108 Å². The van der Waals surface area contributed by atoms with E-state index < -0.39 is 0 Å². The van der Waals surface area contributed by atoms with Gasteiger partial charge in [-0.25, -0.2) is 0 Å². The lowest BCUT2D eigenvalue weighted by Crippen LogP contribution is -2.16. The van der Waals surface area contributed by atoms with Crippen molar-refractivity contribution in [3.05, 3.63) is 29.8 Å². The van der Waals surface area contributed by atoms with Crippen molar-refractivity contribution in [1.29, 1.82) is 0 Å². The highest BCUT2D eigenvalue weighted by Gasteiger charge is 2.02. The number of benzene rings is 1. The van der Waals surface area contributed by atoms with Crippen molar-refractivity contribution < 1.29 is 4.74 Å². The van der Waals surface area contributed by atoms with E-state index in [9.17, 15) is 0 Å². The van der Waals surface area contributed by atoms with E-state index in [1.54, 1.807) is 0 Å². The summed E-state index contributed by atoms with van der Waals surface area (Å²) in [5.74, 6) is 0.568. The molecule has 1 aromatic carbocycles. The summed E-state index contributed by atoms with van der Waals surface area (Å²) < 4.78 is 5.49. The number of anilines is 1. The fourth-order valence-corrected chi connectivity index (χ4v) is 1.61. The second kappa shape index (κ2) is 7.25. The van der Waals surface area contributed by atoms with Gasteiger partial charge in [-0.15, -0.1) is 0 Å². The van der Waals surface area contributed by atoms with Crippen molar-refractivity contribution in [3.8, 4) is 0 Å². The van der Waals surface area contributed by atoms with Crippen molar-refractivity contribution in [2.24, 2.45) is 11.7 Å². The van der Waals surface area contributed by atoms with Gasteiger partial charge in [0.25, 0.3) is 0 Å². The van der Waals surface area contributed by atoms with Crippen LogP contribution in [0, 0.1) is 5.92 Å². The molecule has 3 N–H and O–H groups in total. The van der Waals surface area contributed by atoms with Crippen LogP contribution in [0.25, 0.3) is 0 Å². The summed E-state index contributed by atoms with van der Waals surface area (Å²) in [5.41, 5.74) is 7.49. The number of thiocarbonyl (C=S) groups is 1. The molecule has 0 spiro atoms. The molecule has 0 aliphatic rings. The van der Waals surface area contributed by atoms with Crippen LogP contribution in [-0.4, -0.2) is 24.7 Å². The smallest absolute Gasteiger partial charge is 0.106 e. The molecule has 0 aliphatic heterocycles. The largest absolute Gasteiger partial charge is 0.389 e. The van der Waals surface area contributed by atoms with Crippen LogP contribution < -0.4 is 11.1 Å². The zero-order valence-corrected chi connectivity index (χ0v) is 11.2. The summed E-state index contributed by atoms with van der Waals surface area (Å²) in [6.45, 7) is 6.50. The van der Waals surface area contributed by atoms with Gasteiger partial charge in [-0.05, 0) is 18.1 Å². The Morgan fingerprint density at radius 1 is 1.41 bits per heavy atom. The first-order valence-electron chi connectivity index (χ1n) is 5.81. The van der Waals surface area contributed by atoms with Gasteiger partial charge in [-0.2, -0.15) is 0 Å². The van der Waals surface area contributed by atoms with Crippen molar-refractivity contribution >= 4 is 22.9 Å². The van der Waals surface area contributed by atoms with E-state index in [0.717, 1.165) is 24.4 Å². The molecule has 94 valence electrons. The molecule has 0 bridgehead atoms. The van der Waals surface area contributed by atoms with Gasteiger partial charge >= 0.3 is 0 Å². The van der Waals surface area contributed by atoms with E-state index in [2.05, 4.69) is 19.2 Å². The number of nitrogens with one attached hydrogen (secondary N) is 1. The summed E-state index contributed by atoms with van der Waals surface area (Å²) in [6.07, 6.45) is 0. The zero-order chi connectivity index (χ0) is 12.7. The normalized spacial score (nSPS) is 10.5. The molecule has 17 heavy (non-hydrogen) atoms. The summed E-state index contributed by atoms with van der Waals surface area (Å²) in [7, 11) is 0. The van der Waals surface area contributed by atoms with Crippen molar-refractivity contribution in [2.45, 2.75) is 13.8 Å². The van der Waals surface area contributed by atoms with E-state index in [1.165, 1.54) is 0 Å². The van der Waals surface area contributed by atoms with Gasteiger partial charge in [-0.3, -0.25) is 0 Å². The second-order valence-electron chi connectivity index (χ2n) is 4.31. The molecule has 4 heteroatoms. The Morgan fingerprint density at radius 2 is 2.12 bits per heavy atom. The van der Waals surface area contributed by atoms with Gasteiger partial charge in [-0.1, -0.05) is 38.2 Å². The third kappa shape index (κ3) is 5.15. The zero-order valence-electron chi connectivity index (χ0n) is 10.4. The van der Waals surface area contributed by atoms with Crippen molar-refractivity contribution in [3.63, 3.8) is 0 Å². The molecule has 0 unspecified atom stereocenters. The molecule has 1 aromatic rings. The lowest BCUT2D eigenvalue weighted by atomic mass is 10.2. The van der Waals surface area contributed by atoms with Crippen LogP contribution in [-0.2, 0) is 4.74 Å². The topological polar surface area (TPSA) is 47.3 Å². The van der Waals surface area contributed by atoms with Crippen LogP contribution in [0.3, 0.4) is 0 Å². The molecule has 0 atom stereocenters. The van der Waals surface area contributed by atoms with E-state index in [4.69, 9.17) is 22.7 Å². The molecule has 3 nitrogen and oxygen atoms in total. The van der Waals surface area contributed by atoms with E-state index in [1.807, 2.05) is 24.3 Å². The lowest BCUT2D eigenvalue weighted by Gasteiger charge is -2.11. The minimum absolute atomic E-state index is 0.413. The predicted molar refractivity (Wildman–Crippen MR) is 76.5 cm³/mol. The van der Waals surface area contributed by atoms with Crippen molar-refractivity contribution in [2.75, 3.05) is 25.1 Å². The SMILES string of the molecule is CC(C)COCCNc1ccccc1C(N)=S. The highest BCUT2D eigenvalue weighted by molar-refractivity contribution is 7.80. The molecule has 1 rings (SSSR count). The molecule has 0 aliphatic carbocycles. The molecular formula is C13H20N2OS. The van der Waals surface area contributed by atoms with Crippen LogP contribution in [0.4, 0.5) is 5.69 Å². The maximum absolute atomic E-state index is 5.64. The lowest BCUT2D eigenvalue weighted by molar-refractivity contribution is 0.118. The fourth-order valence-electron chi connectivity index (χ4n) is 1.43. The monoisotopic (exact) mass is 252 g/mol. The Bertz CT molecular complexity index is 366. The van der Waals surface area contributed by atoms with Gasteiger partial charge in [0, 0.05) is 24.4 Å². The number of ether oxygens (including phenoxy) is 1.